The first kappa shape index (κ1) is 17.3. The lowest BCUT2D eigenvalue weighted by atomic mass is 10.1. The molecule has 0 aromatic heterocycles. The van der Waals surface area contributed by atoms with Gasteiger partial charge >= 0.3 is 0 Å². The number of nitrogens with one attached hydrogen (secondary N) is 2. The summed E-state index contributed by atoms with van der Waals surface area (Å²) in [7, 11) is 0. The summed E-state index contributed by atoms with van der Waals surface area (Å²) in [6.07, 6.45) is 2.92. The molecule has 0 bridgehead atoms. The van der Waals surface area contributed by atoms with E-state index in [1.807, 2.05) is 13.2 Å². The Balaban J connectivity index is 2.88. The zero-order valence-corrected chi connectivity index (χ0v) is 13.3. The normalized spacial score (nSPS) is 11.8. The van der Waals surface area contributed by atoms with Crippen molar-refractivity contribution in [2.45, 2.75) is 25.5 Å². The smallest absolute Gasteiger partial charge is 0.292 e. The van der Waals surface area contributed by atoms with Crippen molar-refractivity contribution in [3.8, 4) is 0 Å². The van der Waals surface area contributed by atoms with Gasteiger partial charge in [0, 0.05) is 30.0 Å². The molecule has 1 rings (SSSR count). The van der Waals surface area contributed by atoms with Gasteiger partial charge in [0.2, 0.25) is 0 Å². The summed E-state index contributed by atoms with van der Waals surface area (Å²) in [6.45, 7) is 5.07. The van der Waals surface area contributed by atoms with E-state index >= 15 is 0 Å². The van der Waals surface area contributed by atoms with Gasteiger partial charge in [-0.2, -0.15) is 11.8 Å². The Kier molecular flexibility index (Phi) is 7.01. The lowest BCUT2D eigenvalue weighted by Gasteiger charge is -2.11. The van der Waals surface area contributed by atoms with Crippen LogP contribution in [0.25, 0.3) is 0 Å². The van der Waals surface area contributed by atoms with Gasteiger partial charge in [-0.25, -0.2) is 0 Å². The third kappa shape index (κ3) is 5.26. The monoisotopic (exact) mass is 311 g/mol. The number of thioether (sulfide) groups is 1. The standard InChI is InChI=1S/C14H21N3O3S/c1-4-15-14(18)11-5-6-13(17(19)20)12(9-11)16-8-7-10(2)21-3/h5-6,9-10,16H,4,7-8H2,1-3H3,(H,15,18). The molecular formula is C14H21N3O3S. The molecule has 0 saturated heterocycles. The lowest BCUT2D eigenvalue weighted by molar-refractivity contribution is -0.384. The summed E-state index contributed by atoms with van der Waals surface area (Å²) < 4.78 is 0. The van der Waals surface area contributed by atoms with Gasteiger partial charge in [0.05, 0.1) is 4.92 Å². The van der Waals surface area contributed by atoms with E-state index in [-0.39, 0.29) is 11.6 Å². The van der Waals surface area contributed by atoms with E-state index in [0.29, 0.717) is 29.6 Å². The Bertz CT molecular complexity index is 508. The Morgan fingerprint density at radius 2 is 2.19 bits per heavy atom. The molecule has 0 spiro atoms. The number of hydrogen-bond donors (Lipinski definition) is 2. The Morgan fingerprint density at radius 1 is 1.48 bits per heavy atom. The molecule has 0 heterocycles. The molecule has 1 atom stereocenters. The van der Waals surface area contributed by atoms with E-state index in [0.717, 1.165) is 6.42 Å². The van der Waals surface area contributed by atoms with Crippen LogP contribution < -0.4 is 10.6 Å². The van der Waals surface area contributed by atoms with Gasteiger partial charge in [0.1, 0.15) is 5.69 Å². The van der Waals surface area contributed by atoms with Crippen LogP contribution in [0.5, 0.6) is 0 Å². The van der Waals surface area contributed by atoms with Gasteiger partial charge in [0.25, 0.3) is 11.6 Å². The Labute approximate surface area is 128 Å². The predicted molar refractivity (Wildman–Crippen MR) is 87.2 cm³/mol. The molecule has 0 saturated carbocycles. The average molecular weight is 311 g/mol. The summed E-state index contributed by atoms with van der Waals surface area (Å²) in [5, 5.41) is 17.3. The molecule has 0 aliphatic carbocycles. The van der Waals surface area contributed by atoms with Gasteiger partial charge < -0.3 is 10.6 Å². The largest absolute Gasteiger partial charge is 0.379 e. The molecule has 0 aliphatic rings. The fraction of sp³-hybridized carbons (Fsp3) is 0.500. The fourth-order valence-electron chi connectivity index (χ4n) is 1.77. The van der Waals surface area contributed by atoms with Crippen LogP contribution in [0.15, 0.2) is 18.2 Å². The summed E-state index contributed by atoms with van der Waals surface area (Å²) in [5.41, 5.74) is 0.791. The van der Waals surface area contributed by atoms with Gasteiger partial charge in [0.15, 0.2) is 0 Å². The SMILES string of the molecule is CCNC(=O)c1ccc([N+](=O)[O-])c(NCCC(C)SC)c1. The molecule has 0 aliphatic heterocycles. The van der Waals surface area contributed by atoms with Gasteiger partial charge in [-0.1, -0.05) is 6.92 Å². The molecule has 1 aromatic carbocycles. The topological polar surface area (TPSA) is 84.3 Å². The van der Waals surface area contributed by atoms with E-state index in [9.17, 15) is 14.9 Å². The van der Waals surface area contributed by atoms with Gasteiger partial charge in [-0.05, 0) is 31.7 Å². The number of carbonyl (C=O) groups is 1. The summed E-state index contributed by atoms with van der Waals surface area (Å²) in [6, 6.07) is 4.37. The average Bonchev–Trinajstić information content (AvgIpc) is 2.46. The number of hydrogen-bond acceptors (Lipinski definition) is 5. The van der Waals surface area contributed by atoms with Crippen molar-refractivity contribution in [3.63, 3.8) is 0 Å². The van der Waals surface area contributed by atoms with Crippen LogP contribution >= 0.6 is 11.8 Å². The van der Waals surface area contributed by atoms with Crippen LogP contribution in [0.3, 0.4) is 0 Å². The molecule has 0 radical (unpaired) electrons. The zero-order valence-electron chi connectivity index (χ0n) is 12.5. The van der Waals surface area contributed by atoms with Crippen molar-refractivity contribution < 1.29 is 9.72 Å². The number of nitro benzene ring substituents is 1. The third-order valence-electron chi connectivity index (χ3n) is 3.06. The van der Waals surface area contributed by atoms with Crippen molar-refractivity contribution in [1.29, 1.82) is 0 Å². The maximum Gasteiger partial charge on any atom is 0.292 e. The second-order valence-corrected chi connectivity index (χ2v) is 5.89. The minimum absolute atomic E-state index is 0.0140. The van der Waals surface area contributed by atoms with Crippen LogP contribution in [-0.4, -0.2) is 35.4 Å². The van der Waals surface area contributed by atoms with Gasteiger partial charge in [-0.3, -0.25) is 14.9 Å². The maximum absolute atomic E-state index is 11.8. The molecular weight excluding hydrogens is 290 g/mol. The second-order valence-electron chi connectivity index (χ2n) is 4.61. The Morgan fingerprint density at radius 3 is 2.76 bits per heavy atom. The molecule has 6 nitrogen and oxygen atoms in total. The predicted octanol–water partition coefficient (Wildman–Crippen LogP) is 2.90. The van der Waals surface area contributed by atoms with Crippen LogP contribution in [0, 0.1) is 10.1 Å². The van der Waals surface area contributed by atoms with Crippen molar-refractivity contribution in [3.05, 3.63) is 33.9 Å². The molecule has 116 valence electrons. The van der Waals surface area contributed by atoms with Gasteiger partial charge in [-0.15, -0.1) is 0 Å². The minimum atomic E-state index is -0.443. The highest BCUT2D eigenvalue weighted by atomic mass is 32.2. The van der Waals surface area contributed by atoms with Crippen molar-refractivity contribution >= 4 is 29.0 Å². The Hall–Kier alpha value is -1.76. The molecule has 2 N–H and O–H groups in total. The van der Waals surface area contributed by atoms with E-state index in [1.165, 1.54) is 18.2 Å². The quantitative estimate of drug-likeness (QED) is 0.569. The maximum atomic E-state index is 11.8. The van der Waals surface area contributed by atoms with Crippen molar-refractivity contribution in [1.82, 2.24) is 5.32 Å². The fourth-order valence-corrected chi connectivity index (χ4v) is 2.12. The van der Waals surface area contributed by atoms with Crippen molar-refractivity contribution in [2.24, 2.45) is 0 Å². The number of rotatable bonds is 8. The van der Waals surface area contributed by atoms with E-state index < -0.39 is 4.92 Å². The first-order valence-corrected chi connectivity index (χ1v) is 8.11. The van der Waals surface area contributed by atoms with Crippen LogP contribution in [-0.2, 0) is 0 Å². The zero-order chi connectivity index (χ0) is 15.8. The first-order chi connectivity index (χ1) is 9.99. The number of nitro groups is 1. The molecule has 21 heavy (non-hydrogen) atoms. The molecule has 7 heteroatoms. The minimum Gasteiger partial charge on any atom is -0.379 e. The van der Waals surface area contributed by atoms with E-state index in [1.54, 1.807) is 11.8 Å². The van der Waals surface area contributed by atoms with Crippen LogP contribution in [0.1, 0.15) is 30.6 Å². The van der Waals surface area contributed by atoms with E-state index in [4.69, 9.17) is 0 Å². The highest BCUT2D eigenvalue weighted by Gasteiger charge is 2.16. The van der Waals surface area contributed by atoms with Crippen molar-refractivity contribution in [2.75, 3.05) is 24.7 Å². The number of nitrogens with zero attached hydrogens (tertiary/aromatic N) is 1. The third-order valence-corrected chi connectivity index (χ3v) is 4.10. The van der Waals surface area contributed by atoms with Crippen LogP contribution in [0.4, 0.5) is 11.4 Å². The molecule has 1 amide bonds. The summed E-state index contributed by atoms with van der Waals surface area (Å²) in [5.74, 6) is -0.229. The summed E-state index contributed by atoms with van der Waals surface area (Å²) in [4.78, 5) is 22.4. The van der Waals surface area contributed by atoms with E-state index in [2.05, 4.69) is 17.6 Å². The number of anilines is 1. The lowest BCUT2D eigenvalue weighted by Crippen LogP contribution is -2.22. The molecule has 1 aromatic rings. The summed E-state index contributed by atoms with van der Waals surface area (Å²) >= 11 is 1.75. The van der Waals surface area contributed by atoms with Crippen LogP contribution in [0.2, 0.25) is 0 Å². The highest BCUT2D eigenvalue weighted by molar-refractivity contribution is 7.99. The number of benzene rings is 1. The number of carbonyl (C=O) groups excluding carboxylic acids is 1. The first-order valence-electron chi connectivity index (χ1n) is 6.82. The number of amides is 1. The highest BCUT2D eigenvalue weighted by Crippen LogP contribution is 2.25. The molecule has 0 fully saturated rings. The molecule has 1 unspecified atom stereocenters. The second kappa shape index (κ2) is 8.51.